The van der Waals surface area contributed by atoms with Crippen LogP contribution in [0.3, 0.4) is 0 Å². The van der Waals surface area contributed by atoms with E-state index in [1.807, 2.05) is 0 Å². The highest BCUT2D eigenvalue weighted by atomic mass is 16.1. The molecule has 1 aromatic heterocycles. The molecule has 0 atom stereocenters. The topological polar surface area (TPSA) is 115 Å². The summed E-state index contributed by atoms with van der Waals surface area (Å²) < 4.78 is 0. The first-order valence-corrected chi connectivity index (χ1v) is 3.21. The van der Waals surface area contributed by atoms with Crippen LogP contribution in [-0.2, 0) is 11.2 Å². The number of aromatic amines is 1. The number of aromatic nitrogens is 2. The molecule has 0 aliphatic rings. The van der Waals surface area contributed by atoms with Crippen LogP contribution in [0, 0.1) is 0 Å². The molecule has 0 saturated heterocycles. The Morgan fingerprint density at radius 1 is 1.50 bits per heavy atom. The molecule has 0 radical (unpaired) electrons. The van der Waals surface area contributed by atoms with Crippen LogP contribution in [0.1, 0.15) is 16.2 Å². The SMILES string of the molecule is NC(=O)Cc1[nH]cnc1C(N)=O. The molecular weight excluding hydrogens is 160 g/mol. The zero-order valence-electron chi connectivity index (χ0n) is 6.20. The highest BCUT2D eigenvalue weighted by Gasteiger charge is 2.12. The van der Waals surface area contributed by atoms with Crippen LogP contribution in [0.15, 0.2) is 6.33 Å². The first kappa shape index (κ1) is 8.25. The molecule has 0 fully saturated rings. The normalized spacial score (nSPS) is 9.67. The van der Waals surface area contributed by atoms with Gasteiger partial charge in [-0.1, -0.05) is 0 Å². The lowest BCUT2D eigenvalue weighted by molar-refractivity contribution is -0.117. The van der Waals surface area contributed by atoms with E-state index < -0.39 is 11.8 Å². The Labute approximate surface area is 68.0 Å². The van der Waals surface area contributed by atoms with Crippen molar-refractivity contribution in [3.05, 3.63) is 17.7 Å². The van der Waals surface area contributed by atoms with Crippen molar-refractivity contribution in [2.45, 2.75) is 6.42 Å². The standard InChI is InChI=1S/C6H8N4O2/c7-4(11)1-3-5(6(8)12)10-2-9-3/h2H,1H2,(H2,7,11)(H2,8,12)(H,9,10). The number of nitrogens with zero attached hydrogens (tertiary/aromatic N) is 1. The number of carbonyl (C=O) groups excluding carboxylic acids is 2. The first-order valence-electron chi connectivity index (χ1n) is 3.21. The van der Waals surface area contributed by atoms with Crippen molar-refractivity contribution in [1.29, 1.82) is 0 Å². The Hall–Kier alpha value is -1.85. The van der Waals surface area contributed by atoms with Gasteiger partial charge >= 0.3 is 0 Å². The van der Waals surface area contributed by atoms with E-state index in [0.29, 0.717) is 5.69 Å². The average Bonchev–Trinajstić information content (AvgIpc) is 2.33. The van der Waals surface area contributed by atoms with Crippen molar-refractivity contribution in [1.82, 2.24) is 9.97 Å². The second-order valence-electron chi connectivity index (χ2n) is 2.24. The smallest absolute Gasteiger partial charge is 0.269 e. The van der Waals surface area contributed by atoms with Crippen molar-refractivity contribution in [3.63, 3.8) is 0 Å². The van der Waals surface area contributed by atoms with Crippen LogP contribution in [-0.4, -0.2) is 21.8 Å². The van der Waals surface area contributed by atoms with Crippen LogP contribution in [0.25, 0.3) is 0 Å². The minimum Gasteiger partial charge on any atom is -0.369 e. The van der Waals surface area contributed by atoms with E-state index in [0.717, 1.165) is 0 Å². The maximum atomic E-state index is 10.7. The molecule has 1 rings (SSSR count). The second kappa shape index (κ2) is 3.04. The monoisotopic (exact) mass is 168 g/mol. The number of H-pyrrole nitrogens is 1. The summed E-state index contributed by atoms with van der Waals surface area (Å²) in [5.74, 6) is -1.21. The Balaban J connectivity index is 2.91. The van der Waals surface area contributed by atoms with Crippen molar-refractivity contribution in [3.8, 4) is 0 Å². The van der Waals surface area contributed by atoms with Gasteiger partial charge in [0, 0.05) is 0 Å². The third-order valence-electron chi connectivity index (χ3n) is 1.30. The molecule has 6 heteroatoms. The molecule has 5 N–H and O–H groups in total. The number of amides is 2. The van der Waals surface area contributed by atoms with Crippen LogP contribution in [0.2, 0.25) is 0 Å². The minimum absolute atomic E-state index is 0.0573. The summed E-state index contributed by atoms with van der Waals surface area (Å²) >= 11 is 0. The largest absolute Gasteiger partial charge is 0.369 e. The fourth-order valence-corrected chi connectivity index (χ4v) is 0.842. The number of hydrogen-bond donors (Lipinski definition) is 3. The van der Waals surface area contributed by atoms with E-state index in [1.165, 1.54) is 6.33 Å². The van der Waals surface area contributed by atoms with E-state index >= 15 is 0 Å². The zero-order chi connectivity index (χ0) is 9.14. The van der Waals surface area contributed by atoms with Crippen molar-refractivity contribution < 1.29 is 9.59 Å². The number of imidazole rings is 1. The highest BCUT2D eigenvalue weighted by molar-refractivity contribution is 5.93. The summed E-state index contributed by atoms with van der Waals surface area (Å²) in [5, 5.41) is 0. The maximum Gasteiger partial charge on any atom is 0.269 e. The molecule has 1 heterocycles. The lowest BCUT2D eigenvalue weighted by atomic mass is 10.2. The number of nitrogens with two attached hydrogens (primary N) is 2. The van der Waals surface area contributed by atoms with Crippen molar-refractivity contribution >= 4 is 11.8 Å². The molecule has 2 amide bonds. The second-order valence-corrected chi connectivity index (χ2v) is 2.24. The van der Waals surface area contributed by atoms with Gasteiger partial charge in [0.25, 0.3) is 5.91 Å². The summed E-state index contributed by atoms with van der Waals surface area (Å²) in [7, 11) is 0. The molecule has 64 valence electrons. The molecule has 6 nitrogen and oxygen atoms in total. The van der Waals surface area contributed by atoms with Gasteiger partial charge in [-0.25, -0.2) is 4.98 Å². The highest BCUT2D eigenvalue weighted by Crippen LogP contribution is 2.01. The number of primary amides is 2. The Morgan fingerprint density at radius 3 is 2.67 bits per heavy atom. The average molecular weight is 168 g/mol. The fourth-order valence-electron chi connectivity index (χ4n) is 0.842. The molecule has 0 aliphatic heterocycles. The van der Waals surface area contributed by atoms with Gasteiger partial charge in [0.15, 0.2) is 0 Å². The van der Waals surface area contributed by atoms with E-state index in [9.17, 15) is 9.59 Å². The fraction of sp³-hybridized carbons (Fsp3) is 0.167. The first-order chi connectivity index (χ1) is 5.61. The molecule has 1 aromatic rings. The van der Waals surface area contributed by atoms with Crippen LogP contribution in [0.5, 0.6) is 0 Å². The molecule has 0 spiro atoms. The van der Waals surface area contributed by atoms with Crippen LogP contribution >= 0.6 is 0 Å². The predicted molar refractivity (Wildman–Crippen MR) is 40.0 cm³/mol. The third kappa shape index (κ3) is 1.60. The summed E-state index contributed by atoms with van der Waals surface area (Å²) in [4.78, 5) is 27.4. The third-order valence-corrected chi connectivity index (χ3v) is 1.30. The van der Waals surface area contributed by atoms with Gasteiger partial charge in [0.05, 0.1) is 18.4 Å². The van der Waals surface area contributed by atoms with Crippen molar-refractivity contribution in [2.75, 3.05) is 0 Å². The van der Waals surface area contributed by atoms with Gasteiger partial charge in [-0.3, -0.25) is 9.59 Å². The minimum atomic E-state index is -0.674. The number of rotatable bonds is 3. The van der Waals surface area contributed by atoms with Gasteiger partial charge in [-0.05, 0) is 0 Å². The van der Waals surface area contributed by atoms with E-state index in [2.05, 4.69) is 9.97 Å². The summed E-state index contributed by atoms with van der Waals surface area (Å²) in [5.41, 5.74) is 10.3. The molecule has 0 saturated carbocycles. The van der Waals surface area contributed by atoms with Gasteiger partial charge in [0.1, 0.15) is 5.69 Å². The molecular formula is C6H8N4O2. The van der Waals surface area contributed by atoms with Crippen LogP contribution in [0.4, 0.5) is 0 Å². The van der Waals surface area contributed by atoms with E-state index in [-0.39, 0.29) is 12.1 Å². The molecule has 0 bridgehead atoms. The lowest BCUT2D eigenvalue weighted by Crippen LogP contribution is -2.19. The number of nitrogens with one attached hydrogen (secondary N) is 1. The number of carbonyl (C=O) groups is 2. The molecule has 0 aromatic carbocycles. The van der Waals surface area contributed by atoms with Gasteiger partial charge in [-0.2, -0.15) is 0 Å². The Bertz CT molecular complexity index is 317. The zero-order valence-corrected chi connectivity index (χ0v) is 6.20. The molecule has 0 aliphatic carbocycles. The number of hydrogen-bond acceptors (Lipinski definition) is 3. The van der Waals surface area contributed by atoms with Crippen molar-refractivity contribution in [2.24, 2.45) is 11.5 Å². The predicted octanol–water partition coefficient (Wildman–Crippen LogP) is -1.46. The van der Waals surface area contributed by atoms with Gasteiger partial charge < -0.3 is 16.5 Å². The molecule has 0 unspecified atom stereocenters. The van der Waals surface area contributed by atoms with Gasteiger partial charge in [-0.15, -0.1) is 0 Å². The lowest BCUT2D eigenvalue weighted by Gasteiger charge is -1.94. The summed E-state index contributed by atoms with van der Waals surface area (Å²) in [6.07, 6.45) is 1.23. The van der Waals surface area contributed by atoms with E-state index in [4.69, 9.17) is 11.5 Å². The Morgan fingerprint density at radius 2 is 2.17 bits per heavy atom. The quantitative estimate of drug-likeness (QED) is 0.512. The van der Waals surface area contributed by atoms with E-state index in [1.54, 1.807) is 0 Å². The molecule has 12 heavy (non-hydrogen) atoms. The Kier molecular flexibility index (Phi) is 2.09. The summed E-state index contributed by atoms with van der Waals surface area (Å²) in [6, 6.07) is 0. The van der Waals surface area contributed by atoms with Gasteiger partial charge in [0.2, 0.25) is 5.91 Å². The maximum absolute atomic E-state index is 10.7. The van der Waals surface area contributed by atoms with Crippen LogP contribution < -0.4 is 11.5 Å². The summed E-state index contributed by atoms with van der Waals surface area (Å²) in [6.45, 7) is 0.